The molecule has 1 fully saturated rings. The highest BCUT2D eigenvalue weighted by atomic mass is 32.2. The Balaban J connectivity index is 1.35. The zero-order valence-electron chi connectivity index (χ0n) is 22.8. The number of aromatic nitrogens is 2. The molecule has 0 aliphatic heterocycles. The lowest BCUT2D eigenvalue weighted by Gasteiger charge is -2.21. The fourth-order valence-corrected chi connectivity index (χ4v) is 6.19. The van der Waals surface area contributed by atoms with Gasteiger partial charge in [0.1, 0.15) is 10.9 Å². The second-order valence-corrected chi connectivity index (χ2v) is 11.4. The lowest BCUT2D eigenvalue weighted by molar-refractivity contribution is -0.120. The summed E-state index contributed by atoms with van der Waals surface area (Å²) in [6.07, 6.45) is 5.33. The van der Waals surface area contributed by atoms with E-state index in [4.69, 9.17) is 0 Å². The van der Waals surface area contributed by atoms with Crippen molar-refractivity contribution in [3.8, 4) is 5.69 Å². The van der Waals surface area contributed by atoms with Crippen LogP contribution >= 0.6 is 11.8 Å². The summed E-state index contributed by atoms with van der Waals surface area (Å²) in [5.41, 5.74) is 2.95. The summed E-state index contributed by atoms with van der Waals surface area (Å²) in [4.78, 5) is 40.6. The minimum Gasteiger partial charge on any atom is -0.326 e. The van der Waals surface area contributed by atoms with Crippen LogP contribution in [0, 0.1) is 12.8 Å². The summed E-state index contributed by atoms with van der Waals surface area (Å²) < 4.78 is 3.30. The van der Waals surface area contributed by atoms with E-state index in [9.17, 15) is 14.4 Å². The van der Waals surface area contributed by atoms with Crippen molar-refractivity contribution in [2.75, 3.05) is 10.6 Å². The number of rotatable bonds is 8. The van der Waals surface area contributed by atoms with Crippen LogP contribution in [0.25, 0.3) is 5.69 Å². The lowest BCUT2D eigenvalue weighted by atomic mass is 9.88. The van der Waals surface area contributed by atoms with Crippen LogP contribution in [0.1, 0.15) is 48.6 Å². The molecule has 206 valence electrons. The first-order valence-electron chi connectivity index (χ1n) is 13.7. The first kappa shape index (κ1) is 27.5. The zero-order valence-corrected chi connectivity index (χ0v) is 23.6. The van der Waals surface area contributed by atoms with Crippen molar-refractivity contribution in [2.45, 2.75) is 49.2 Å². The molecule has 1 atom stereocenters. The highest BCUT2D eigenvalue weighted by molar-refractivity contribution is 8.00. The number of nitrogens with zero attached hydrogens (tertiary/aromatic N) is 2. The van der Waals surface area contributed by atoms with Crippen LogP contribution in [0.4, 0.5) is 11.4 Å². The van der Waals surface area contributed by atoms with Gasteiger partial charge in [-0.1, -0.05) is 67.8 Å². The normalized spacial score (nSPS) is 14.4. The van der Waals surface area contributed by atoms with Crippen molar-refractivity contribution < 1.29 is 9.59 Å². The first-order chi connectivity index (χ1) is 19.4. The second kappa shape index (κ2) is 12.4. The first-order valence-corrected chi connectivity index (χ1v) is 14.6. The van der Waals surface area contributed by atoms with E-state index in [-0.39, 0.29) is 29.0 Å². The van der Waals surface area contributed by atoms with Gasteiger partial charge in [0.15, 0.2) is 0 Å². The molecular weight excluding hydrogens is 520 g/mol. The smallest absolute Gasteiger partial charge is 0.295 e. The molecule has 0 bridgehead atoms. The topological polar surface area (TPSA) is 85.1 Å². The Morgan fingerprint density at radius 1 is 0.850 bits per heavy atom. The molecule has 8 heteroatoms. The van der Waals surface area contributed by atoms with E-state index < -0.39 is 5.25 Å². The fraction of sp³-hybridized carbons (Fsp3) is 0.281. The summed E-state index contributed by atoms with van der Waals surface area (Å²) >= 11 is 1.40. The maximum Gasteiger partial charge on any atom is 0.295 e. The fourth-order valence-electron chi connectivity index (χ4n) is 5.16. The Hall–Kier alpha value is -4.04. The van der Waals surface area contributed by atoms with Crippen LogP contribution in [0.15, 0.2) is 94.6 Å². The highest BCUT2D eigenvalue weighted by Gasteiger charge is 2.26. The Morgan fingerprint density at radius 2 is 1.48 bits per heavy atom. The number of amides is 2. The van der Waals surface area contributed by atoms with Gasteiger partial charge < -0.3 is 10.6 Å². The van der Waals surface area contributed by atoms with Crippen molar-refractivity contribution in [1.29, 1.82) is 0 Å². The summed E-state index contributed by atoms with van der Waals surface area (Å²) in [6, 6.07) is 26.5. The van der Waals surface area contributed by atoms with Crippen LogP contribution in [-0.2, 0) is 16.6 Å². The number of benzene rings is 3. The monoisotopic (exact) mass is 554 g/mol. The number of hydrogen-bond acceptors (Lipinski definition) is 4. The van der Waals surface area contributed by atoms with Gasteiger partial charge in [0.2, 0.25) is 11.8 Å². The Bertz CT molecular complexity index is 1520. The van der Waals surface area contributed by atoms with Crippen molar-refractivity contribution in [3.63, 3.8) is 0 Å². The van der Waals surface area contributed by atoms with Crippen molar-refractivity contribution in [2.24, 2.45) is 13.0 Å². The van der Waals surface area contributed by atoms with E-state index in [1.54, 1.807) is 16.4 Å². The largest absolute Gasteiger partial charge is 0.326 e. The average molecular weight is 555 g/mol. The molecule has 0 saturated heterocycles. The molecule has 3 aromatic carbocycles. The molecule has 0 radical (unpaired) electrons. The molecule has 0 spiro atoms. The maximum atomic E-state index is 13.7. The Kier molecular flexibility index (Phi) is 8.55. The van der Waals surface area contributed by atoms with Gasteiger partial charge in [-0.2, -0.15) is 0 Å². The van der Waals surface area contributed by atoms with Crippen molar-refractivity contribution in [1.82, 2.24) is 9.36 Å². The maximum absolute atomic E-state index is 13.7. The van der Waals surface area contributed by atoms with E-state index in [0.29, 0.717) is 5.69 Å². The number of hydrogen-bond donors (Lipinski definition) is 2. The molecule has 1 aliphatic rings. The minimum atomic E-state index is -0.590. The summed E-state index contributed by atoms with van der Waals surface area (Å²) in [5, 5.41) is 5.39. The lowest BCUT2D eigenvalue weighted by Crippen LogP contribution is -2.25. The molecular formula is C32H34N4O3S. The van der Waals surface area contributed by atoms with E-state index in [2.05, 4.69) is 10.6 Å². The van der Waals surface area contributed by atoms with Crippen LogP contribution in [0.3, 0.4) is 0 Å². The number of nitrogens with one attached hydrogen (secondary N) is 2. The summed E-state index contributed by atoms with van der Waals surface area (Å²) in [6.45, 7) is 1.82. The van der Waals surface area contributed by atoms with Crippen LogP contribution in [-0.4, -0.2) is 21.2 Å². The summed E-state index contributed by atoms with van der Waals surface area (Å²) in [5.74, 6) is -0.111. The number of carbonyl (C=O) groups excluding carboxylic acids is 2. The van der Waals surface area contributed by atoms with Gasteiger partial charge in [-0.3, -0.25) is 19.1 Å². The van der Waals surface area contributed by atoms with Gasteiger partial charge in [0, 0.05) is 23.5 Å². The third-order valence-electron chi connectivity index (χ3n) is 7.49. The second-order valence-electron chi connectivity index (χ2n) is 10.2. The third kappa shape index (κ3) is 6.07. The van der Waals surface area contributed by atoms with Gasteiger partial charge in [0.25, 0.3) is 5.56 Å². The molecule has 1 heterocycles. The highest BCUT2D eigenvalue weighted by Crippen LogP contribution is 2.37. The third-order valence-corrected chi connectivity index (χ3v) is 8.76. The van der Waals surface area contributed by atoms with Gasteiger partial charge >= 0.3 is 0 Å². The Morgan fingerprint density at radius 3 is 2.12 bits per heavy atom. The Labute approximate surface area is 238 Å². The van der Waals surface area contributed by atoms with Crippen LogP contribution in [0.5, 0.6) is 0 Å². The quantitative estimate of drug-likeness (QED) is 0.244. The molecule has 7 nitrogen and oxygen atoms in total. The molecule has 4 aromatic rings. The van der Waals surface area contributed by atoms with Gasteiger partial charge in [-0.25, -0.2) is 4.68 Å². The predicted molar refractivity (Wildman–Crippen MR) is 161 cm³/mol. The minimum absolute atomic E-state index is 0.0843. The number of para-hydroxylation sites is 1. The SMILES string of the molecule is Cc1c(NC(=O)C(Sc2ccc(NC(=O)C3CCCCC3)cc2)c2ccccc2)c(=O)n(-c2ccccc2)n1C. The van der Waals surface area contributed by atoms with Crippen LogP contribution in [0.2, 0.25) is 0 Å². The van der Waals surface area contributed by atoms with E-state index >= 15 is 0 Å². The molecule has 5 rings (SSSR count). The molecule has 1 aliphatic carbocycles. The van der Waals surface area contributed by atoms with Gasteiger partial charge in [-0.15, -0.1) is 11.8 Å². The molecule has 2 N–H and O–H groups in total. The van der Waals surface area contributed by atoms with Crippen molar-refractivity contribution in [3.05, 3.63) is 107 Å². The molecule has 1 aromatic heterocycles. The molecule has 1 unspecified atom stereocenters. The number of thioether (sulfide) groups is 1. The number of carbonyl (C=O) groups is 2. The van der Waals surface area contributed by atoms with E-state index in [1.807, 2.05) is 91.9 Å². The predicted octanol–water partition coefficient (Wildman–Crippen LogP) is 6.48. The standard InChI is InChI=1S/C32H34N4O3S/c1-22-28(32(39)36(35(22)2)26-16-10-5-11-17-26)34-31(38)29(23-12-6-3-7-13-23)40-27-20-18-25(19-21-27)33-30(37)24-14-8-4-9-15-24/h3,5-7,10-13,16-21,24,29H,4,8-9,14-15H2,1-2H3,(H,33,37)(H,34,38). The molecule has 1 saturated carbocycles. The van der Waals surface area contributed by atoms with Gasteiger partial charge in [-0.05, 0) is 61.7 Å². The van der Waals surface area contributed by atoms with E-state index in [0.717, 1.165) is 47.5 Å². The average Bonchev–Trinajstić information content (AvgIpc) is 3.20. The molecule has 2 amide bonds. The number of anilines is 2. The van der Waals surface area contributed by atoms with Crippen LogP contribution < -0.4 is 16.2 Å². The summed E-state index contributed by atoms with van der Waals surface area (Å²) in [7, 11) is 1.80. The van der Waals surface area contributed by atoms with Gasteiger partial charge in [0.05, 0.1) is 11.4 Å². The molecule has 40 heavy (non-hydrogen) atoms. The zero-order chi connectivity index (χ0) is 28.1. The van der Waals surface area contributed by atoms with Crippen molar-refractivity contribution >= 4 is 35.0 Å². The van der Waals surface area contributed by atoms with E-state index in [1.165, 1.54) is 18.2 Å².